The molecule has 0 spiro atoms. The molecule has 0 aromatic heterocycles. The maximum Gasteiger partial charge on any atom is 0.150 e. The van der Waals surface area contributed by atoms with Crippen LogP contribution >= 0.6 is 0 Å². The second kappa shape index (κ2) is 4.21. The largest absolute Gasteiger partial charge is 0.367 e. The third kappa shape index (κ3) is 2.83. The van der Waals surface area contributed by atoms with Crippen LogP contribution in [0.3, 0.4) is 0 Å². The maximum absolute atomic E-state index is 10.4. The van der Waals surface area contributed by atoms with Crippen LogP contribution in [0.5, 0.6) is 0 Å². The Morgan fingerprint density at radius 1 is 1.43 bits per heavy atom. The molecule has 0 amide bonds. The average Bonchev–Trinajstić information content (AvgIpc) is 2.19. The molecule has 4 nitrogen and oxygen atoms in total. The lowest BCUT2D eigenvalue weighted by molar-refractivity contribution is 0.112. The summed E-state index contributed by atoms with van der Waals surface area (Å²) in [5.41, 5.74) is 12.2. The van der Waals surface area contributed by atoms with Gasteiger partial charge in [-0.05, 0) is 31.2 Å². The molecule has 1 aromatic rings. The van der Waals surface area contributed by atoms with Gasteiger partial charge in [0.05, 0.1) is 5.66 Å². The quantitative estimate of drug-likeness (QED) is 0.481. The van der Waals surface area contributed by atoms with Gasteiger partial charge in [-0.25, -0.2) is 0 Å². The Bertz CT molecular complexity index is 306. The van der Waals surface area contributed by atoms with Gasteiger partial charge in [-0.3, -0.25) is 4.79 Å². The van der Waals surface area contributed by atoms with Crippen molar-refractivity contribution >= 4 is 12.0 Å². The van der Waals surface area contributed by atoms with Crippen LogP contribution in [0.1, 0.15) is 17.3 Å². The smallest absolute Gasteiger partial charge is 0.150 e. The van der Waals surface area contributed by atoms with Crippen molar-refractivity contribution in [2.45, 2.75) is 12.6 Å². The zero-order valence-electron chi connectivity index (χ0n) is 8.16. The molecule has 0 unspecified atom stereocenters. The summed E-state index contributed by atoms with van der Waals surface area (Å²) in [5.74, 6) is 0. The molecule has 0 bridgehead atoms. The lowest BCUT2D eigenvalue weighted by Gasteiger charge is -2.25. The number of anilines is 1. The minimum absolute atomic E-state index is 0.336. The van der Waals surface area contributed by atoms with Gasteiger partial charge in [0.2, 0.25) is 0 Å². The first-order chi connectivity index (χ1) is 6.57. The highest BCUT2D eigenvalue weighted by molar-refractivity contribution is 5.75. The summed E-state index contributed by atoms with van der Waals surface area (Å²) in [4.78, 5) is 10.4. The van der Waals surface area contributed by atoms with Crippen LogP contribution < -0.4 is 16.8 Å². The number of hydrogen-bond donors (Lipinski definition) is 3. The summed E-state index contributed by atoms with van der Waals surface area (Å²) in [7, 11) is 0. The van der Waals surface area contributed by atoms with E-state index in [1.807, 2.05) is 0 Å². The van der Waals surface area contributed by atoms with E-state index in [-0.39, 0.29) is 0 Å². The number of carbonyl (C=O) groups is 1. The first kappa shape index (κ1) is 10.7. The van der Waals surface area contributed by atoms with E-state index in [1.165, 1.54) is 0 Å². The summed E-state index contributed by atoms with van der Waals surface area (Å²) in [6, 6.07) is 7.04. The minimum atomic E-state index is -0.622. The number of nitrogens with two attached hydrogens (primary N) is 2. The predicted molar refractivity (Wildman–Crippen MR) is 57.1 cm³/mol. The molecule has 0 heterocycles. The molecule has 0 saturated heterocycles. The summed E-state index contributed by atoms with van der Waals surface area (Å²) < 4.78 is 0. The molecule has 0 saturated carbocycles. The fraction of sp³-hybridized carbons (Fsp3) is 0.300. The number of hydrogen-bond acceptors (Lipinski definition) is 4. The lowest BCUT2D eigenvalue weighted by Crippen LogP contribution is -2.50. The predicted octanol–water partition coefficient (Wildman–Crippen LogP) is 0.545. The monoisotopic (exact) mass is 193 g/mol. The van der Waals surface area contributed by atoms with E-state index in [4.69, 9.17) is 11.5 Å². The number of benzene rings is 1. The van der Waals surface area contributed by atoms with E-state index in [1.54, 1.807) is 31.2 Å². The van der Waals surface area contributed by atoms with Gasteiger partial charge < -0.3 is 16.8 Å². The molecule has 1 aromatic carbocycles. The second-order valence-corrected chi connectivity index (χ2v) is 3.49. The molecule has 0 radical (unpaired) electrons. The van der Waals surface area contributed by atoms with E-state index >= 15 is 0 Å². The van der Waals surface area contributed by atoms with E-state index in [2.05, 4.69) is 5.32 Å². The molecule has 76 valence electrons. The first-order valence-corrected chi connectivity index (χ1v) is 4.40. The molecule has 0 aliphatic rings. The highest BCUT2D eigenvalue weighted by atomic mass is 16.1. The molecule has 0 fully saturated rings. The maximum atomic E-state index is 10.4. The number of rotatable bonds is 4. The van der Waals surface area contributed by atoms with Crippen molar-refractivity contribution in [1.29, 1.82) is 0 Å². The molecule has 14 heavy (non-hydrogen) atoms. The number of aldehydes is 1. The Morgan fingerprint density at radius 2 is 2.00 bits per heavy atom. The lowest BCUT2D eigenvalue weighted by atomic mass is 10.1. The Kier molecular flexibility index (Phi) is 3.22. The zero-order valence-corrected chi connectivity index (χ0v) is 8.16. The molecule has 1 atom stereocenters. The van der Waals surface area contributed by atoms with E-state index < -0.39 is 5.66 Å². The third-order valence-electron chi connectivity index (χ3n) is 1.90. The second-order valence-electron chi connectivity index (χ2n) is 3.49. The van der Waals surface area contributed by atoms with Gasteiger partial charge in [-0.1, -0.05) is 0 Å². The van der Waals surface area contributed by atoms with E-state index in [0.29, 0.717) is 12.1 Å². The van der Waals surface area contributed by atoms with Crippen LogP contribution in [-0.2, 0) is 0 Å². The Labute approximate surface area is 83.3 Å². The van der Waals surface area contributed by atoms with Crippen LogP contribution in [0.15, 0.2) is 24.3 Å². The molecular formula is C10H15N3O. The SMILES string of the molecule is C[C@](N)(CN)Nc1ccc(C=O)cc1. The van der Waals surface area contributed by atoms with Crippen LogP contribution in [-0.4, -0.2) is 18.5 Å². The van der Waals surface area contributed by atoms with Crippen LogP contribution in [0.25, 0.3) is 0 Å². The average molecular weight is 193 g/mol. The topological polar surface area (TPSA) is 81.1 Å². The van der Waals surface area contributed by atoms with Crippen molar-refractivity contribution in [2.75, 3.05) is 11.9 Å². The number of carbonyl (C=O) groups excluding carboxylic acids is 1. The zero-order chi connectivity index (χ0) is 10.6. The Hall–Kier alpha value is -1.39. The van der Waals surface area contributed by atoms with Gasteiger partial charge >= 0.3 is 0 Å². The van der Waals surface area contributed by atoms with Gasteiger partial charge in [0.25, 0.3) is 0 Å². The fourth-order valence-electron chi connectivity index (χ4n) is 1.03. The van der Waals surface area contributed by atoms with Gasteiger partial charge in [-0.15, -0.1) is 0 Å². The van der Waals surface area contributed by atoms with Gasteiger partial charge in [0.1, 0.15) is 6.29 Å². The van der Waals surface area contributed by atoms with Crippen molar-refractivity contribution in [3.05, 3.63) is 29.8 Å². The Morgan fingerprint density at radius 3 is 2.43 bits per heavy atom. The van der Waals surface area contributed by atoms with Crippen molar-refractivity contribution in [2.24, 2.45) is 11.5 Å². The van der Waals surface area contributed by atoms with Crippen molar-refractivity contribution < 1.29 is 4.79 Å². The normalized spacial score (nSPS) is 14.5. The minimum Gasteiger partial charge on any atom is -0.367 e. The molecule has 0 aliphatic carbocycles. The summed E-state index contributed by atoms with van der Waals surface area (Å²) in [5, 5.41) is 3.06. The van der Waals surface area contributed by atoms with Crippen LogP contribution in [0, 0.1) is 0 Å². The van der Waals surface area contributed by atoms with E-state index in [0.717, 1.165) is 12.0 Å². The number of nitrogens with one attached hydrogen (secondary N) is 1. The summed E-state index contributed by atoms with van der Waals surface area (Å²) in [6.45, 7) is 2.14. The molecule has 5 N–H and O–H groups in total. The standard InChI is InChI=1S/C10H15N3O/c1-10(12,7-11)13-9-4-2-8(6-14)3-5-9/h2-6,13H,7,11-12H2,1H3/t10-/m1/s1. The molecule has 1 rings (SSSR count). The molecule has 4 heteroatoms. The highest BCUT2D eigenvalue weighted by Crippen LogP contribution is 2.11. The fourth-order valence-corrected chi connectivity index (χ4v) is 1.03. The van der Waals surface area contributed by atoms with Gasteiger partial charge in [0.15, 0.2) is 0 Å². The third-order valence-corrected chi connectivity index (χ3v) is 1.90. The summed E-state index contributed by atoms with van der Waals surface area (Å²) in [6.07, 6.45) is 0.800. The molecular weight excluding hydrogens is 178 g/mol. The van der Waals surface area contributed by atoms with Gasteiger partial charge in [-0.2, -0.15) is 0 Å². The van der Waals surface area contributed by atoms with Gasteiger partial charge in [0, 0.05) is 17.8 Å². The van der Waals surface area contributed by atoms with E-state index in [9.17, 15) is 4.79 Å². The first-order valence-electron chi connectivity index (χ1n) is 4.40. The van der Waals surface area contributed by atoms with Crippen molar-refractivity contribution in [1.82, 2.24) is 0 Å². The van der Waals surface area contributed by atoms with Crippen molar-refractivity contribution in [3.8, 4) is 0 Å². The molecule has 0 aliphatic heterocycles. The van der Waals surface area contributed by atoms with Crippen LogP contribution in [0.2, 0.25) is 0 Å². The van der Waals surface area contributed by atoms with Crippen LogP contribution in [0.4, 0.5) is 5.69 Å². The highest BCUT2D eigenvalue weighted by Gasteiger charge is 2.14. The summed E-state index contributed by atoms with van der Waals surface area (Å²) >= 11 is 0. The van der Waals surface area contributed by atoms with Crippen molar-refractivity contribution in [3.63, 3.8) is 0 Å². The Balaban J connectivity index is 2.73.